The second-order valence-corrected chi connectivity index (χ2v) is 7.53. The van der Waals surface area contributed by atoms with Gasteiger partial charge in [-0.2, -0.15) is 4.68 Å². The molecule has 1 aliphatic carbocycles. The molecular formula is C17H23N5OS. The van der Waals surface area contributed by atoms with Gasteiger partial charge >= 0.3 is 0 Å². The summed E-state index contributed by atoms with van der Waals surface area (Å²) in [6, 6.07) is 9.70. The summed E-state index contributed by atoms with van der Waals surface area (Å²) in [5.41, 5.74) is 0.889. The van der Waals surface area contributed by atoms with Crippen molar-refractivity contribution in [2.24, 2.45) is 5.92 Å². The van der Waals surface area contributed by atoms with E-state index in [0.29, 0.717) is 11.1 Å². The Kier molecular flexibility index (Phi) is 5.85. The van der Waals surface area contributed by atoms with E-state index in [1.807, 2.05) is 37.3 Å². The van der Waals surface area contributed by atoms with Crippen molar-refractivity contribution in [1.82, 2.24) is 25.5 Å². The van der Waals surface area contributed by atoms with Gasteiger partial charge in [0.15, 0.2) is 0 Å². The zero-order chi connectivity index (χ0) is 16.8. The lowest BCUT2D eigenvalue weighted by Crippen LogP contribution is -2.35. The molecule has 6 nitrogen and oxygen atoms in total. The summed E-state index contributed by atoms with van der Waals surface area (Å²) >= 11 is 1.38. The van der Waals surface area contributed by atoms with Crippen molar-refractivity contribution in [3.8, 4) is 5.69 Å². The number of para-hydroxylation sites is 1. The van der Waals surface area contributed by atoms with Crippen LogP contribution in [-0.2, 0) is 4.79 Å². The van der Waals surface area contributed by atoms with Crippen LogP contribution >= 0.6 is 11.8 Å². The molecule has 1 aliphatic rings. The molecular weight excluding hydrogens is 322 g/mol. The minimum atomic E-state index is -0.234. The molecule has 1 N–H and O–H groups in total. The lowest BCUT2D eigenvalue weighted by atomic mass is 9.89. The van der Waals surface area contributed by atoms with Crippen molar-refractivity contribution in [2.45, 2.75) is 49.4 Å². The van der Waals surface area contributed by atoms with Crippen LogP contribution in [0.1, 0.15) is 39.0 Å². The van der Waals surface area contributed by atoms with Crippen molar-refractivity contribution in [1.29, 1.82) is 0 Å². The molecule has 0 bridgehead atoms. The molecule has 1 unspecified atom stereocenters. The maximum absolute atomic E-state index is 12.3. The summed E-state index contributed by atoms with van der Waals surface area (Å²) < 4.78 is 1.66. The molecule has 0 radical (unpaired) electrons. The molecule has 2 aromatic rings. The first-order valence-corrected chi connectivity index (χ1v) is 9.40. The number of benzene rings is 1. The number of nitrogens with zero attached hydrogens (tertiary/aromatic N) is 4. The number of hydrogen-bond acceptors (Lipinski definition) is 5. The van der Waals surface area contributed by atoms with Gasteiger partial charge in [-0.1, -0.05) is 49.2 Å². The molecule has 1 aromatic heterocycles. The standard InChI is InChI=1S/C17H23N5OS/c1-13(16(23)18-12-14-8-4-2-5-9-14)24-17-19-20-21-22(17)15-10-6-3-7-11-15/h3,6-7,10-11,13-14H,2,4-5,8-9,12H2,1H3,(H,18,23). The Hall–Kier alpha value is -1.89. The van der Waals surface area contributed by atoms with Crippen molar-refractivity contribution < 1.29 is 4.79 Å². The first kappa shape index (κ1) is 17.0. The van der Waals surface area contributed by atoms with Gasteiger partial charge in [0, 0.05) is 6.54 Å². The molecule has 1 atom stereocenters. The molecule has 128 valence electrons. The van der Waals surface area contributed by atoms with Gasteiger partial charge in [-0.05, 0) is 48.2 Å². The van der Waals surface area contributed by atoms with Gasteiger partial charge in [-0.15, -0.1) is 5.10 Å². The number of carbonyl (C=O) groups excluding carboxylic acids is 1. The molecule has 7 heteroatoms. The summed E-state index contributed by atoms with van der Waals surface area (Å²) in [6.45, 7) is 2.68. The van der Waals surface area contributed by atoms with Gasteiger partial charge in [-0.3, -0.25) is 4.79 Å². The zero-order valence-electron chi connectivity index (χ0n) is 13.9. The van der Waals surface area contributed by atoms with E-state index in [9.17, 15) is 4.79 Å². The summed E-state index contributed by atoms with van der Waals surface area (Å²) in [4.78, 5) is 12.3. The Labute approximate surface area is 146 Å². The first-order valence-electron chi connectivity index (χ1n) is 8.52. The summed E-state index contributed by atoms with van der Waals surface area (Å²) in [5, 5.41) is 15.3. The number of thioether (sulfide) groups is 1. The monoisotopic (exact) mass is 345 g/mol. The van der Waals surface area contributed by atoms with Crippen molar-refractivity contribution >= 4 is 17.7 Å². The summed E-state index contributed by atoms with van der Waals surface area (Å²) in [6.07, 6.45) is 6.37. The normalized spacial score (nSPS) is 16.7. The van der Waals surface area contributed by atoms with Gasteiger partial charge in [-0.25, -0.2) is 0 Å². The van der Waals surface area contributed by atoms with Crippen LogP contribution < -0.4 is 5.32 Å². The number of rotatable bonds is 6. The van der Waals surface area contributed by atoms with E-state index in [-0.39, 0.29) is 11.2 Å². The zero-order valence-corrected chi connectivity index (χ0v) is 14.7. The van der Waals surface area contributed by atoms with Crippen LogP contribution in [0.15, 0.2) is 35.5 Å². The quantitative estimate of drug-likeness (QED) is 0.815. The second-order valence-electron chi connectivity index (χ2n) is 6.22. The second kappa shape index (κ2) is 8.28. The fourth-order valence-electron chi connectivity index (χ4n) is 2.98. The highest BCUT2D eigenvalue weighted by atomic mass is 32.2. The molecule has 0 saturated heterocycles. The number of hydrogen-bond donors (Lipinski definition) is 1. The number of nitrogens with one attached hydrogen (secondary N) is 1. The minimum Gasteiger partial charge on any atom is -0.355 e. The first-order chi connectivity index (χ1) is 11.7. The highest BCUT2D eigenvalue weighted by molar-refractivity contribution is 8.00. The number of aromatic nitrogens is 4. The fourth-order valence-corrected chi connectivity index (χ4v) is 3.81. The predicted octanol–water partition coefficient (Wildman–Crippen LogP) is 2.84. The van der Waals surface area contributed by atoms with Crippen LogP contribution in [0.5, 0.6) is 0 Å². The molecule has 1 heterocycles. The smallest absolute Gasteiger partial charge is 0.233 e. The lowest BCUT2D eigenvalue weighted by Gasteiger charge is -2.22. The average Bonchev–Trinajstić information content (AvgIpc) is 3.09. The van der Waals surface area contributed by atoms with Crippen LogP contribution in [-0.4, -0.2) is 37.9 Å². The third-order valence-electron chi connectivity index (χ3n) is 4.38. The van der Waals surface area contributed by atoms with Crippen molar-refractivity contribution in [3.63, 3.8) is 0 Å². The van der Waals surface area contributed by atoms with E-state index < -0.39 is 0 Å². The third-order valence-corrected chi connectivity index (χ3v) is 5.42. The van der Waals surface area contributed by atoms with Crippen LogP contribution in [0.4, 0.5) is 0 Å². The van der Waals surface area contributed by atoms with E-state index in [0.717, 1.165) is 12.2 Å². The predicted molar refractivity (Wildman–Crippen MR) is 94.1 cm³/mol. The van der Waals surface area contributed by atoms with Crippen molar-refractivity contribution in [2.75, 3.05) is 6.54 Å². The van der Waals surface area contributed by atoms with Crippen LogP contribution in [0.2, 0.25) is 0 Å². The molecule has 1 amide bonds. The molecule has 0 spiro atoms. The number of tetrazole rings is 1. The van der Waals surface area contributed by atoms with E-state index in [4.69, 9.17) is 0 Å². The minimum absolute atomic E-state index is 0.0492. The van der Waals surface area contributed by atoms with E-state index in [1.165, 1.54) is 43.9 Å². The summed E-state index contributed by atoms with van der Waals surface area (Å²) in [7, 11) is 0. The van der Waals surface area contributed by atoms with Gasteiger partial charge in [0.2, 0.25) is 11.1 Å². The topological polar surface area (TPSA) is 72.7 Å². The average molecular weight is 345 g/mol. The van der Waals surface area contributed by atoms with E-state index in [2.05, 4.69) is 20.8 Å². The maximum Gasteiger partial charge on any atom is 0.233 e. The molecule has 24 heavy (non-hydrogen) atoms. The Morgan fingerprint density at radius 3 is 2.79 bits per heavy atom. The summed E-state index contributed by atoms with van der Waals surface area (Å²) in [5.74, 6) is 0.683. The van der Waals surface area contributed by atoms with Crippen LogP contribution in [0.3, 0.4) is 0 Å². The molecule has 0 aliphatic heterocycles. The molecule has 1 fully saturated rings. The number of carbonyl (C=O) groups is 1. The highest BCUT2D eigenvalue weighted by Crippen LogP contribution is 2.24. The third kappa shape index (κ3) is 4.35. The maximum atomic E-state index is 12.3. The lowest BCUT2D eigenvalue weighted by molar-refractivity contribution is -0.120. The van der Waals surface area contributed by atoms with Gasteiger partial charge in [0.1, 0.15) is 0 Å². The Balaban J connectivity index is 1.56. The van der Waals surface area contributed by atoms with Crippen molar-refractivity contribution in [3.05, 3.63) is 30.3 Å². The van der Waals surface area contributed by atoms with Gasteiger partial charge < -0.3 is 5.32 Å². The molecule has 3 rings (SSSR count). The number of amides is 1. The Bertz CT molecular complexity index is 654. The van der Waals surface area contributed by atoms with Crippen LogP contribution in [0.25, 0.3) is 5.69 Å². The Morgan fingerprint density at radius 2 is 2.04 bits per heavy atom. The molecule has 1 saturated carbocycles. The largest absolute Gasteiger partial charge is 0.355 e. The molecule has 1 aromatic carbocycles. The highest BCUT2D eigenvalue weighted by Gasteiger charge is 2.20. The Morgan fingerprint density at radius 1 is 1.29 bits per heavy atom. The van der Waals surface area contributed by atoms with E-state index in [1.54, 1.807) is 4.68 Å². The van der Waals surface area contributed by atoms with Crippen LogP contribution in [0, 0.1) is 5.92 Å². The van der Waals surface area contributed by atoms with Gasteiger partial charge in [0.25, 0.3) is 0 Å². The fraction of sp³-hybridized carbons (Fsp3) is 0.529. The SMILES string of the molecule is CC(Sc1nnnn1-c1ccccc1)C(=O)NCC1CCCCC1. The van der Waals surface area contributed by atoms with Gasteiger partial charge in [0.05, 0.1) is 10.9 Å². The van der Waals surface area contributed by atoms with E-state index >= 15 is 0 Å².